The van der Waals surface area contributed by atoms with Crippen LogP contribution in [0.1, 0.15) is 31.2 Å². The SMILES string of the molecule is O=C(O)[C@@]1(CCCc2ccccc2)CCCN(c2nccs2)C1. The highest BCUT2D eigenvalue weighted by molar-refractivity contribution is 7.13. The third-order valence-electron chi connectivity index (χ3n) is 4.68. The molecule has 1 aromatic carbocycles. The summed E-state index contributed by atoms with van der Waals surface area (Å²) in [7, 11) is 0. The number of carboxylic acids is 1. The zero-order valence-corrected chi connectivity index (χ0v) is 14.0. The van der Waals surface area contributed by atoms with Crippen molar-refractivity contribution < 1.29 is 9.90 Å². The van der Waals surface area contributed by atoms with Crippen LogP contribution >= 0.6 is 11.3 Å². The molecule has 0 spiro atoms. The summed E-state index contributed by atoms with van der Waals surface area (Å²) in [6, 6.07) is 10.3. The molecule has 0 saturated carbocycles. The van der Waals surface area contributed by atoms with E-state index >= 15 is 0 Å². The molecule has 2 aromatic rings. The van der Waals surface area contributed by atoms with Crippen LogP contribution in [0, 0.1) is 5.41 Å². The molecule has 0 radical (unpaired) electrons. The number of aromatic nitrogens is 1. The number of piperidine rings is 1. The lowest BCUT2D eigenvalue weighted by Crippen LogP contribution is -2.48. The monoisotopic (exact) mass is 330 g/mol. The van der Waals surface area contributed by atoms with E-state index in [2.05, 4.69) is 22.0 Å². The van der Waals surface area contributed by atoms with Crippen molar-refractivity contribution >= 4 is 22.4 Å². The lowest BCUT2D eigenvalue weighted by molar-refractivity contribution is -0.150. The van der Waals surface area contributed by atoms with E-state index in [-0.39, 0.29) is 0 Å². The van der Waals surface area contributed by atoms with Crippen LogP contribution in [0.4, 0.5) is 5.13 Å². The van der Waals surface area contributed by atoms with Crippen LogP contribution in [-0.2, 0) is 11.2 Å². The van der Waals surface area contributed by atoms with Crippen molar-refractivity contribution in [2.45, 2.75) is 32.1 Å². The topological polar surface area (TPSA) is 53.4 Å². The van der Waals surface area contributed by atoms with Gasteiger partial charge < -0.3 is 10.0 Å². The largest absolute Gasteiger partial charge is 0.481 e. The molecular weight excluding hydrogens is 308 g/mol. The first-order valence-corrected chi connectivity index (χ1v) is 8.99. The summed E-state index contributed by atoms with van der Waals surface area (Å²) in [5.74, 6) is -0.660. The third kappa shape index (κ3) is 3.72. The Balaban J connectivity index is 1.66. The highest BCUT2D eigenvalue weighted by Gasteiger charge is 2.42. The maximum atomic E-state index is 12.0. The minimum atomic E-state index is -0.660. The van der Waals surface area contributed by atoms with Crippen molar-refractivity contribution in [2.24, 2.45) is 5.41 Å². The molecule has 0 bridgehead atoms. The van der Waals surface area contributed by atoms with Crippen LogP contribution in [0.5, 0.6) is 0 Å². The highest BCUT2D eigenvalue weighted by Crippen LogP contribution is 2.37. The third-order valence-corrected chi connectivity index (χ3v) is 5.52. The fourth-order valence-corrected chi connectivity index (χ4v) is 4.10. The Labute approximate surface area is 140 Å². The number of aliphatic carboxylic acids is 1. The average molecular weight is 330 g/mol. The zero-order valence-electron chi connectivity index (χ0n) is 13.1. The maximum Gasteiger partial charge on any atom is 0.311 e. The first-order chi connectivity index (χ1) is 11.2. The second kappa shape index (κ2) is 7.13. The van der Waals surface area contributed by atoms with Crippen LogP contribution in [0.15, 0.2) is 41.9 Å². The summed E-state index contributed by atoms with van der Waals surface area (Å²) in [6.45, 7) is 1.48. The van der Waals surface area contributed by atoms with Gasteiger partial charge in [-0.15, -0.1) is 11.3 Å². The fraction of sp³-hybridized carbons (Fsp3) is 0.444. The quantitative estimate of drug-likeness (QED) is 0.874. The summed E-state index contributed by atoms with van der Waals surface area (Å²) in [5, 5.41) is 12.7. The minimum absolute atomic E-state index is 0.574. The molecule has 2 heterocycles. The predicted octanol–water partition coefficient (Wildman–Crippen LogP) is 3.84. The molecule has 5 heteroatoms. The number of benzene rings is 1. The summed E-state index contributed by atoms with van der Waals surface area (Å²) in [6.07, 6.45) is 6.02. The van der Waals surface area contributed by atoms with Crippen molar-refractivity contribution in [1.82, 2.24) is 4.98 Å². The maximum absolute atomic E-state index is 12.0. The van der Waals surface area contributed by atoms with Gasteiger partial charge in [0, 0.05) is 24.7 Å². The van der Waals surface area contributed by atoms with Gasteiger partial charge in [0.2, 0.25) is 0 Å². The molecule has 1 aromatic heterocycles. The molecular formula is C18H22N2O2S. The van der Waals surface area contributed by atoms with Crippen molar-refractivity contribution in [3.05, 3.63) is 47.5 Å². The Morgan fingerprint density at radius 1 is 1.35 bits per heavy atom. The summed E-state index contributed by atoms with van der Waals surface area (Å²) < 4.78 is 0. The van der Waals surface area contributed by atoms with Crippen molar-refractivity contribution in [3.63, 3.8) is 0 Å². The molecule has 1 saturated heterocycles. The summed E-state index contributed by atoms with van der Waals surface area (Å²) in [4.78, 5) is 18.5. The van der Waals surface area contributed by atoms with Crippen molar-refractivity contribution in [1.29, 1.82) is 0 Å². The van der Waals surface area contributed by atoms with E-state index in [4.69, 9.17) is 0 Å². The van der Waals surface area contributed by atoms with Gasteiger partial charge in [-0.3, -0.25) is 4.79 Å². The average Bonchev–Trinajstić information content (AvgIpc) is 3.10. The lowest BCUT2D eigenvalue weighted by atomic mass is 9.75. The van der Waals surface area contributed by atoms with Gasteiger partial charge in [-0.1, -0.05) is 30.3 Å². The molecule has 1 aliphatic rings. The molecule has 1 fully saturated rings. The van der Waals surface area contributed by atoms with Gasteiger partial charge in [0.25, 0.3) is 0 Å². The number of thiazole rings is 1. The Morgan fingerprint density at radius 3 is 2.87 bits per heavy atom. The van der Waals surface area contributed by atoms with Gasteiger partial charge in [-0.2, -0.15) is 0 Å². The van der Waals surface area contributed by atoms with E-state index in [1.807, 2.05) is 23.6 Å². The van der Waals surface area contributed by atoms with Gasteiger partial charge in [0.05, 0.1) is 5.41 Å². The summed E-state index contributed by atoms with van der Waals surface area (Å²) in [5.41, 5.74) is 0.638. The number of nitrogens with zero attached hydrogens (tertiary/aromatic N) is 2. The molecule has 1 aliphatic heterocycles. The van der Waals surface area contributed by atoms with Gasteiger partial charge in [-0.05, 0) is 37.7 Å². The first-order valence-electron chi connectivity index (χ1n) is 8.11. The second-order valence-corrected chi connectivity index (χ2v) is 7.14. The number of rotatable bonds is 6. The van der Waals surface area contributed by atoms with Crippen LogP contribution in [0.3, 0.4) is 0 Å². The second-order valence-electron chi connectivity index (χ2n) is 6.26. The van der Waals surface area contributed by atoms with Crippen LogP contribution < -0.4 is 4.90 Å². The molecule has 0 unspecified atom stereocenters. The van der Waals surface area contributed by atoms with E-state index < -0.39 is 11.4 Å². The zero-order chi connectivity index (χ0) is 16.1. The summed E-state index contributed by atoms with van der Waals surface area (Å²) >= 11 is 1.58. The van der Waals surface area contributed by atoms with Crippen molar-refractivity contribution in [3.8, 4) is 0 Å². The Hall–Kier alpha value is -1.88. The molecule has 1 N–H and O–H groups in total. The minimum Gasteiger partial charge on any atom is -0.481 e. The standard InChI is InChI=1S/C18H22N2O2S/c21-16(22)18(9-4-8-15-6-2-1-3-7-15)10-5-12-20(14-18)17-19-11-13-23-17/h1-3,6-7,11,13H,4-5,8-10,12,14H2,(H,21,22)/t18-/m0/s1. The van der Waals surface area contributed by atoms with Crippen LogP contribution in [0.25, 0.3) is 0 Å². The molecule has 1 atom stereocenters. The van der Waals surface area contributed by atoms with Crippen molar-refractivity contribution in [2.75, 3.05) is 18.0 Å². The lowest BCUT2D eigenvalue weighted by Gasteiger charge is -2.40. The normalized spacial score (nSPS) is 21.3. The number of anilines is 1. The number of carbonyl (C=O) groups is 1. The van der Waals surface area contributed by atoms with Gasteiger partial charge in [-0.25, -0.2) is 4.98 Å². The van der Waals surface area contributed by atoms with E-state index in [0.29, 0.717) is 6.54 Å². The first kappa shape index (κ1) is 16.0. The molecule has 0 aliphatic carbocycles. The molecule has 4 nitrogen and oxygen atoms in total. The molecule has 122 valence electrons. The van der Waals surface area contributed by atoms with Gasteiger partial charge in [0.1, 0.15) is 0 Å². The van der Waals surface area contributed by atoms with E-state index in [1.54, 1.807) is 17.5 Å². The smallest absolute Gasteiger partial charge is 0.311 e. The van der Waals surface area contributed by atoms with Gasteiger partial charge >= 0.3 is 5.97 Å². The molecule has 23 heavy (non-hydrogen) atoms. The number of aryl methyl sites for hydroxylation is 1. The Bertz CT molecular complexity index is 630. The Kier molecular flexibility index (Phi) is 4.96. The predicted molar refractivity (Wildman–Crippen MR) is 93.0 cm³/mol. The molecule has 0 amide bonds. The van der Waals surface area contributed by atoms with E-state index in [1.165, 1.54) is 5.56 Å². The number of hydrogen-bond acceptors (Lipinski definition) is 4. The van der Waals surface area contributed by atoms with E-state index in [0.717, 1.165) is 43.8 Å². The molecule has 3 rings (SSSR count). The number of hydrogen-bond donors (Lipinski definition) is 1. The Morgan fingerprint density at radius 2 is 2.17 bits per heavy atom. The van der Waals surface area contributed by atoms with Gasteiger partial charge in [0.15, 0.2) is 5.13 Å². The van der Waals surface area contributed by atoms with Crippen LogP contribution in [0.2, 0.25) is 0 Å². The highest BCUT2D eigenvalue weighted by atomic mass is 32.1. The van der Waals surface area contributed by atoms with E-state index in [9.17, 15) is 9.90 Å². The number of carboxylic acid groups (broad SMARTS) is 1. The fourth-order valence-electron chi connectivity index (χ4n) is 3.43. The van der Waals surface area contributed by atoms with Crippen LogP contribution in [-0.4, -0.2) is 29.1 Å².